The molecule has 2 aromatic heterocycles. The van der Waals surface area contributed by atoms with Crippen LogP contribution in [-0.2, 0) is 0 Å². The molecule has 4 rings (SSSR count). The summed E-state index contributed by atoms with van der Waals surface area (Å²) in [6, 6.07) is 23.8. The number of aromatic nitrogens is 2. The van der Waals surface area contributed by atoms with E-state index in [2.05, 4.69) is 40.0 Å². The first kappa shape index (κ1) is 21.2. The van der Waals surface area contributed by atoms with Crippen LogP contribution in [0, 0.1) is 0 Å². The third-order valence-corrected chi connectivity index (χ3v) is 5.48. The second kappa shape index (κ2) is 9.43. The van der Waals surface area contributed by atoms with Crippen molar-refractivity contribution in [2.45, 2.75) is 13.0 Å². The minimum atomic E-state index is -0.168. The molecule has 1 amide bonds. The Morgan fingerprint density at radius 1 is 0.781 bits per heavy atom. The van der Waals surface area contributed by atoms with E-state index < -0.39 is 0 Å². The van der Waals surface area contributed by atoms with Gasteiger partial charge in [0.15, 0.2) is 0 Å². The minimum absolute atomic E-state index is 0.0260. The van der Waals surface area contributed by atoms with Crippen LogP contribution in [0.5, 0.6) is 0 Å². The Morgan fingerprint density at radius 2 is 1.41 bits per heavy atom. The lowest BCUT2D eigenvalue weighted by Gasteiger charge is -2.34. The third-order valence-electron chi connectivity index (χ3n) is 5.48. The largest absolute Gasteiger partial charge is 0.345 e. The van der Waals surface area contributed by atoms with E-state index in [0.29, 0.717) is 5.56 Å². The maximum absolute atomic E-state index is 13.2. The summed E-state index contributed by atoms with van der Waals surface area (Å²) in [5.74, 6) is -0.0260. The summed E-state index contributed by atoms with van der Waals surface area (Å²) >= 11 is 0. The van der Waals surface area contributed by atoms with Crippen molar-refractivity contribution in [2.75, 3.05) is 19.0 Å². The van der Waals surface area contributed by atoms with Crippen molar-refractivity contribution in [3.05, 3.63) is 109 Å². The first-order valence-corrected chi connectivity index (χ1v) is 10.6. The molecule has 5 heteroatoms. The predicted molar refractivity (Wildman–Crippen MR) is 129 cm³/mol. The smallest absolute Gasteiger partial charge is 0.253 e. The van der Waals surface area contributed by atoms with Crippen LogP contribution in [0.15, 0.2) is 97.6 Å². The van der Waals surface area contributed by atoms with Gasteiger partial charge in [0.05, 0.1) is 29.8 Å². The molecule has 1 atom stereocenters. The summed E-state index contributed by atoms with van der Waals surface area (Å²) in [6.07, 6.45) is 7.19. The molecule has 5 nitrogen and oxygen atoms in total. The van der Waals surface area contributed by atoms with Crippen molar-refractivity contribution < 1.29 is 4.79 Å². The van der Waals surface area contributed by atoms with Gasteiger partial charge in [0.2, 0.25) is 0 Å². The highest BCUT2D eigenvalue weighted by Gasteiger charge is 2.27. The summed E-state index contributed by atoms with van der Waals surface area (Å²) in [6.45, 7) is 2.12. The van der Waals surface area contributed by atoms with Crippen LogP contribution in [0.2, 0.25) is 0 Å². The molecular weight excluding hydrogens is 396 g/mol. The van der Waals surface area contributed by atoms with Crippen molar-refractivity contribution >= 4 is 17.3 Å². The Balaban J connectivity index is 1.96. The van der Waals surface area contributed by atoms with E-state index in [9.17, 15) is 4.79 Å². The number of carbonyl (C=O) groups excluding carboxylic acids is 1. The number of hydrogen-bond acceptors (Lipinski definition) is 4. The number of rotatable bonds is 6. The zero-order valence-electron chi connectivity index (χ0n) is 18.5. The van der Waals surface area contributed by atoms with Gasteiger partial charge in [0.25, 0.3) is 5.91 Å². The Labute approximate surface area is 189 Å². The molecule has 0 fully saturated rings. The van der Waals surface area contributed by atoms with Crippen LogP contribution in [-0.4, -0.2) is 34.9 Å². The second-order valence-electron chi connectivity index (χ2n) is 7.80. The Hall–Kier alpha value is -3.99. The molecule has 2 aromatic carbocycles. The molecule has 0 aliphatic carbocycles. The molecule has 0 bridgehead atoms. The molecule has 0 spiro atoms. The van der Waals surface area contributed by atoms with Gasteiger partial charge >= 0.3 is 0 Å². The van der Waals surface area contributed by atoms with Gasteiger partial charge in [0, 0.05) is 32.1 Å². The molecule has 0 saturated heterocycles. The van der Waals surface area contributed by atoms with E-state index in [0.717, 1.165) is 28.1 Å². The maximum atomic E-state index is 13.2. The van der Waals surface area contributed by atoms with Gasteiger partial charge in [-0.1, -0.05) is 42.5 Å². The molecule has 160 valence electrons. The molecule has 0 radical (unpaired) electrons. The summed E-state index contributed by atoms with van der Waals surface area (Å²) in [5.41, 5.74) is 5.61. The fraction of sp³-hybridized carbons (Fsp3) is 0.148. The van der Waals surface area contributed by atoms with Gasteiger partial charge in [0.1, 0.15) is 0 Å². The number of pyridine rings is 2. The van der Waals surface area contributed by atoms with Crippen molar-refractivity contribution in [3.8, 4) is 11.1 Å². The second-order valence-corrected chi connectivity index (χ2v) is 7.80. The number of anilines is 2. The van der Waals surface area contributed by atoms with E-state index in [1.165, 1.54) is 0 Å². The van der Waals surface area contributed by atoms with Gasteiger partial charge in [-0.2, -0.15) is 0 Å². The SMILES string of the molecule is CC(c1c(C(=O)N(C)C)cccc1-c1ccccc1)N(c1cccnc1)c1cccnc1. The normalized spacial score (nSPS) is 11.6. The van der Waals surface area contributed by atoms with E-state index in [4.69, 9.17) is 0 Å². The fourth-order valence-corrected chi connectivity index (χ4v) is 4.03. The monoisotopic (exact) mass is 422 g/mol. The van der Waals surface area contributed by atoms with Crippen molar-refractivity contribution in [1.29, 1.82) is 0 Å². The first-order valence-electron chi connectivity index (χ1n) is 10.6. The highest BCUT2D eigenvalue weighted by atomic mass is 16.2. The Bertz CT molecular complexity index is 1140. The maximum Gasteiger partial charge on any atom is 0.253 e. The van der Waals surface area contributed by atoms with Gasteiger partial charge in [-0.25, -0.2) is 0 Å². The van der Waals surface area contributed by atoms with Crippen molar-refractivity contribution in [2.24, 2.45) is 0 Å². The van der Waals surface area contributed by atoms with Crippen LogP contribution in [0.1, 0.15) is 28.9 Å². The van der Waals surface area contributed by atoms with Crippen molar-refractivity contribution in [1.82, 2.24) is 14.9 Å². The molecule has 0 saturated carbocycles. The molecule has 32 heavy (non-hydrogen) atoms. The van der Waals surface area contributed by atoms with Gasteiger partial charge in [-0.05, 0) is 53.9 Å². The van der Waals surface area contributed by atoms with E-state index >= 15 is 0 Å². The average Bonchev–Trinajstić information content (AvgIpc) is 2.85. The molecule has 0 N–H and O–H groups in total. The molecule has 2 heterocycles. The predicted octanol–water partition coefficient (Wildman–Crippen LogP) is 5.74. The number of carbonyl (C=O) groups is 1. The Kier molecular flexibility index (Phi) is 6.26. The van der Waals surface area contributed by atoms with Crippen LogP contribution in [0.4, 0.5) is 11.4 Å². The third kappa shape index (κ3) is 4.23. The fourth-order valence-electron chi connectivity index (χ4n) is 4.03. The molecule has 1 unspecified atom stereocenters. The summed E-state index contributed by atoms with van der Waals surface area (Å²) in [7, 11) is 3.57. The highest BCUT2D eigenvalue weighted by molar-refractivity contribution is 5.98. The molecule has 4 aromatic rings. The summed E-state index contributed by atoms with van der Waals surface area (Å²) < 4.78 is 0. The van der Waals surface area contributed by atoms with Gasteiger partial charge < -0.3 is 9.80 Å². The topological polar surface area (TPSA) is 49.3 Å². The highest BCUT2D eigenvalue weighted by Crippen LogP contribution is 2.40. The quantitative estimate of drug-likeness (QED) is 0.397. The van der Waals surface area contributed by atoms with Crippen LogP contribution < -0.4 is 4.90 Å². The zero-order valence-corrected chi connectivity index (χ0v) is 18.5. The lowest BCUT2D eigenvalue weighted by molar-refractivity contribution is 0.0826. The van der Waals surface area contributed by atoms with E-state index in [1.807, 2.05) is 67.0 Å². The molecule has 0 aliphatic rings. The number of nitrogens with zero attached hydrogens (tertiary/aromatic N) is 4. The van der Waals surface area contributed by atoms with Gasteiger partial charge in [-0.15, -0.1) is 0 Å². The van der Waals surface area contributed by atoms with Crippen LogP contribution in [0.25, 0.3) is 11.1 Å². The standard InChI is InChI=1S/C27H26N4O/c1-20(31(22-12-8-16-28-18-22)23-13-9-17-29-19-23)26-24(21-10-5-4-6-11-21)14-7-15-25(26)27(32)30(2)3/h4-20H,1-3H3. The lowest BCUT2D eigenvalue weighted by atomic mass is 9.89. The van der Waals surface area contributed by atoms with E-state index in [1.54, 1.807) is 31.4 Å². The molecule has 0 aliphatic heterocycles. The van der Waals surface area contributed by atoms with Crippen molar-refractivity contribution in [3.63, 3.8) is 0 Å². The Morgan fingerprint density at radius 3 is 1.94 bits per heavy atom. The molecular formula is C27H26N4O. The van der Waals surface area contributed by atoms with E-state index in [-0.39, 0.29) is 11.9 Å². The van der Waals surface area contributed by atoms with Crippen LogP contribution in [0.3, 0.4) is 0 Å². The summed E-state index contributed by atoms with van der Waals surface area (Å²) in [4.78, 5) is 25.7. The zero-order chi connectivity index (χ0) is 22.5. The van der Waals surface area contributed by atoms with Crippen LogP contribution >= 0.6 is 0 Å². The number of hydrogen-bond donors (Lipinski definition) is 0. The first-order chi connectivity index (χ1) is 15.6. The average molecular weight is 423 g/mol. The number of benzene rings is 2. The number of amides is 1. The lowest BCUT2D eigenvalue weighted by Crippen LogP contribution is -2.28. The summed E-state index contributed by atoms with van der Waals surface area (Å²) in [5, 5.41) is 0. The van der Waals surface area contributed by atoms with Gasteiger partial charge in [-0.3, -0.25) is 14.8 Å². The minimum Gasteiger partial charge on any atom is -0.345 e.